The van der Waals surface area contributed by atoms with Crippen LogP contribution in [0.4, 0.5) is 0 Å². The van der Waals surface area contributed by atoms with E-state index < -0.39 is 0 Å². The van der Waals surface area contributed by atoms with Crippen LogP contribution in [0.3, 0.4) is 0 Å². The van der Waals surface area contributed by atoms with Gasteiger partial charge in [-0.25, -0.2) is 0 Å². The molecule has 15 rings (SSSR count). The zero-order valence-corrected chi connectivity index (χ0v) is 70.9. The molecule has 5 saturated carbocycles. The van der Waals surface area contributed by atoms with Crippen LogP contribution in [0.2, 0.25) is 0 Å². The molecule has 113 heavy (non-hydrogen) atoms. The van der Waals surface area contributed by atoms with E-state index in [1.807, 2.05) is 30.5 Å². The third-order valence-electron chi connectivity index (χ3n) is 22.6. The molecule has 1 unspecified atom stereocenters. The number of rotatable bonds is 15. The van der Waals surface area contributed by atoms with Crippen LogP contribution >= 0.6 is 0 Å². The first-order valence-electron chi connectivity index (χ1n) is 40.7. The van der Waals surface area contributed by atoms with Crippen molar-refractivity contribution >= 4 is 46.0 Å². The summed E-state index contributed by atoms with van der Waals surface area (Å²) in [6.45, 7) is 14.5. The van der Waals surface area contributed by atoms with Crippen LogP contribution in [-0.2, 0) is 97.7 Å². The predicted octanol–water partition coefficient (Wildman–Crippen LogP) is 17.0. The molecule has 5 amide bonds. The van der Waals surface area contributed by atoms with Crippen molar-refractivity contribution in [1.29, 1.82) is 5.26 Å². The smallest absolute Gasteiger partial charge is 0.223 e. The van der Waals surface area contributed by atoms with E-state index in [9.17, 15) is 24.0 Å². The number of pyridine rings is 1. The molecular weight excluding hydrogens is 1680 g/mol. The predicted molar refractivity (Wildman–Crippen MR) is 460 cm³/mol. The first-order valence-corrected chi connectivity index (χ1v) is 40.7. The zero-order valence-electron chi connectivity index (χ0n) is 67.1. The van der Waals surface area contributed by atoms with Gasteiger partial charge in [0.25, 0.3) is 0 Å². The Labute approximate surface area is 709 Å². The van der Waals surface area contributed by atoms with Crippen molar-refractivity contribution in [1.82, 2.24) is 47.5 Å². The molecule has 0 saturated heterocycles. The minimum absolute atomic E-state index is 0. The van der Waals surface area contributed by atoms with Crippen LogP contribution in [0.1, 0.15) is 251 Å². The summed E-state index contributed by atoms with van der Waals surface area (Å²) >= 11 is 0. The molecule has 0 spiro atoms. The maximum absolute atomic E-state index is 12.2. The van der Waals surface area contributed by atoms with Crippen molar-refractivity contribution in [2.45, 2.75) is 233 Å². The Morgan fingerprint density at radius 3 is 1.10 bits per heavy atom. The number of nitrogens with zero attached hydrogens (tertiary/aromatic N) is 3. The molecule has 17 nitrogen and oxygen atoms in total. The Hall–Kier alpha value is -7.05. The maximum atomic E-state index is 12.2. The van der Waals surface area contributed by atoms with E-state index >= 15 is 0 Å². The maximum Gasteiger partial charge on any atom is 0.223 e. The molecule has 628 valence electrons. The average molecular weight is 1820 g/mol. The summed E-state index contributed by atoms with van der Waals surface area (Å²) in [6, 6.07) is 46.8. The van der Waals surface area contributed by atoms with Crippen LogP contribution in [0, 0.1) is 55.8 Å². The van der Waals surface area contributed by atoms with E-state index in [4.69, 9.17) is 10.4 Å². The van der Waals surface area contributed by atoms with Crippen LogP contribution in [0.5, 0.6) is 0 Å². The number of aliphatic imine (C=N–C) groups is 1. The number of carbonyl (C=O) groups is 5. The van der Waals surface area contributed by atoms with Crippen LogP contribution in [-0.4, -0.2) is 105 Å². The molecule has 4 aliphatic heterocycles. The van der Waals surface area contributed by atoms with Crippen molar-refractivity contribution in [2.24, 2.45) is 34.6 Å². The molecule has 3 atom stereocenters. The van der Waals surface area contributed by atoms with Gasteiger partial charge in [-0.2, -0.15) is 5.26 Å². The average Bonchev–Trinajstić information content (AvgIpc) is 0.850. The molecule has 0 radical (unpaired) electrons. The number of fused-ring (bicyclic) bond motifs is 5. The fraction of sp³-hybridized carbons (Fsp3) is 0.532. The van der Waals surface area contributed by atoms with Gasteiger partial charge in [-0.1, -0.05) is 232 Å². The van der Waals surface area contributed by atoms with Gasteiger partial charge in [-0.3, -0.25) is 33.9 Å². The van der Waals surface area contributed by atoms with Gasteiger partial charge in [0.1, 0.15) is 0 Å². The Balaban J connectivity index is 0.000000463. The monoisotopic (exact) mass is 1820 g/mol. The summed E-state index contributed by atoms with van der Waals surface area (Å²) in [7, 11) is 1.00. The van der Waals surface area contributed by atoms with E-state index in [-0.39, 0.29) is 148 Å². The van der Waals surface area contributed by atoms with Gasteiger partial charge in [0.15, 0.2) is 0 Å². The molecule has 5 aromatic carbocycles. The fourth-order valence-corrected chi connectivity index (χ4v) is 16.7. The summed E-state index contributed by atoms with van der Waals surface area (Å²) in [5.74, 6) is 2.38. The molecule has 5 aliphatic carbocycles. The number of hydrogen-bond acceptors (Lipinski definition) is 12. The number of amides is 5. The number of benzene rings is 5. The van der Waals surface area contributed by atoms with Crippen LogP contribution in [0.25, 0.3) is 10.8 Å². The van der Waals surface area contributed by atoms with Crippen molar-refractivity contribution < 1.29 is 70.6 Å². The number of aromatic nitrogens is 1. The van der Waals surface area contributed by atoms with Crippen LogP contribution < -0.4 is 42.5 Å². The second kappa shape index (κ2) is 58.7. The van der Waals surface area contributed by atoms with Gasteiger partial charge in [0.05, 0.1) is 30.6 Å². The molecule has 1 aromatic heterocycles. The molecule has 5 heterocycles. The van der Waals surface area contributed by atoms with Crippen molar-refractivity contribution in [3.63, 3.8) is 0 Å². The van der Waals surface area contributed by atoms with Gasteiger partial charge < -0.3 is 62.5 Å². The normalized spacial score (nSPS) is 18.7. The SMILES string of the molecule is C.C.C=C.CC#N.CO.O=C(NCC1=NCCc2ccccc21)C1CCCCC1.O=C(NCC1NCCc2ccccc21)C1CCCCC1.O=C(NC[C@@H]1NCCc2ccccc21)C1CCCCC1.O=C(NC[C@H]1NCCc2ccccc21)C1CCCCC1.O=C(NCc1nccc2ccccc12)C1CCCCC1.[CH3-].[CH3-].[Pd].[Pt]. The largest absolute Gasteiger partial charge is 0.400 e. The van der Waals surface area contributed by atoms with Crippen LogP contribution in [0.15, 0.2) is 152 Å². The Morgan fingerprint density at radius 1 is 0.434 bits per heavy atom. The van der Waals surface area contributed by atoms with Gasteiger partial charge in [-0.05, 0) is 160 Å². The van der Waals surface area contributed by atoms with E-state index in [0.717, 1.165) is 140 Å². The number of nitrogens with one attached hydrogen (secondary N) is 8. The third-order valence-corrected chi connectivity index (χ3v) is 22.6. The number of hydrogen-bond donors (Lipinski definition) is 9. The number of aliphatic hydroxyl groups is 1. The molecule has 9 aliphatic rings. The first-order chi connectivity index (χ1) is 52.6. The van der Waals surface area contributed by atoms with Gasteiger partial charge in [-0.15, -0.1) is 13.2 Å². The van der Waals surface area contributed by atoms with Gasteiger partial charge in [0.2, 0.25) is 29.5 Å². The summed E-state index contributed by atoms with van der Waals surface area (Å²) < 4.78 is 0. The minimum Gasteiger partial charge on any atom is -0.400 e. The standard InChI is InChI=1S/3C17H24N2O.C17H22N2O.C17H20N2O.C2H3N.C2H4.CH4O.2CH4.2CH3.Pd.Pt/c5*20-17(14-7-2-1-3-8-14)19-12-16-15-9-5-4-6-13(15)10-11-18-16;1-2-3;2*1-2;;;;;;/h3*4-6,9,14,16,18H,1-3,7-8,10-12H2,(H,19,20);4-6,9,14H,1-3,7-8,10-12H2,(H,19,20);4-6,9-11,14H,1-3,7-8,12H2,(H,19,20);1H3;1-2H2;2H,1H3;2*1H4;2*1H3;;/q;;;;;;;;;;2*-1;;/t2*16-;;;;;;;;;;;;/m10............/s1. The minimum atomic E-state index is 0. The number of nitriles is 1. The Kier molecular flexibility index (Phi) is 53.0. The quantitative estimate of drug-likeness (QED) is 0.0266. The molecule has 0 bridgehead atoms. The van der Waals surface area contributed by atoms with E-state index in [1.165, 1.54) is 153 Å². The molecular formula is C94H139N11O6PdPt-2. The third kappa shape index (κ3) is 33.2. The Bertz CT molecular complexity index is 3530. The fourth-order valence-electron chi connectivity index (χ4n) is 16.7. The summed E-state index contributed by atoms with van der Waals surface area (Å²) in [5, 5.41) is 42.8. The van der Waals surface area contributed by atoms with Crippen molar-refractivity contribution in [2.75, 3.05) is 59.5 Å². The van der Waals surface area contributed by atoms with Crippen molar-refractivity contribution in [3.05, 3.63) is 212 Å². The molecule has 9 N–H and O–H groups in total. The Morgan fingerprint density at radius 2 is 0.735 bits per heavy atom. The van der Waals surface area contributed by atoms with Gasteiger partial charge >= 0.3 is 0 Å². The summed E-state index contributed by atoms with van der Waals surface area (Å²) in [5.41, 5.74) is 12.9. The van der Waals surface area contributed by atoms with Crippen molar-refractivity contribution in [3.8, 4) is 6.07 Å². The number of carbonyl (C=O) groups excluding carboxylic acids is 5. The van der Waals surface area contributed by atoms with E-state index in [1.54, 1.807) is 6.07 Å². The zero-order chi connectivity index (χ0) is 75.6. The first kappa shape index (κ1) is 102. The van der Waals surface area contributed by atoms with E-state index in [2.05, 4.69) is 169 Å². The molecule has 19 heteroatoms. The summed E-state index contributed by atoms with van der Waals surface area (Å²) in [6.07, 6.45) is 35.1. The second-order valence-corrected chi connectivity index (χ2v) is 29.7. The number of aliphatic hydroxyl groups excluding tert-OH is 1. The van der Waals surface area contributed by atoms with Gasteiger partial charge in [0, 0.05) is 147 Å². The topological polar surface area (TPSA) is 251 Å². The summed E-state index contributed by atoms with van der Waals surface area (Å²) in [4.78, 5) is 70.0. The second-order valence-electron chi connectivity index (χ2n) is 29.7. The van der Waals surface area contributed by atoms with E-state index in [0.29, 0.717) is 32.7 Å². The molecule has 6 aromatic rings. The molecule has 5 fully saturated rings.